The normalized spacial score (nSPS) is 10.7. The molecule has 8 nitrogen and oxygen atoms in total. The zero-order valence-electron chi connectivity index (χ0n) is 17.9. The first kappa shape index (κ1) is 20.3. The molecule has 0 spiro atoms. The van der Waals surface area contributed by atoms with Gasteiger partial charge in [0, 0.05) is 12.1 Å². The summed E-state index contributed by atoms with van der Waals surface area (Å²) in [6.45, 7) is 0.530. The van der Waals surface area contributed by atoms with Crippen molar-refractivity contribution in [1.82, 2.24) is 14.6 Å². The number of nitrogens with one attached hydrogen (secondary N) is 1. The number of anilines is 1. The lowest BCUT2D eigenvalue weighted by Crippen LogP contribution is -2.05. The molecule has 0 aliphatic carbocycles. The van der Waals surface area contributed by atoms with Gasteiger partial charge in [0.15, 0.2) is 17.1 Å². The van der Waals surface area contributed by atoms with Gasteiger partial charge < -0.3 is 24.3 Å². The van der Waals surface area contributed by atoms with Crippen LogP contribution < -0.4 is 24.3 Å². The van der Waals surface area contributed by atoms with Crippen molar-refractivity contribution in [1.29, 1.82) is 0 Å². The molecule has 0 aliphatic heterocycles. The third-order valence-electron chi connectivity index (χ3n) is 4.95. The first-order valence-corrected chi connectivity index (χ1v) is 9.68. The largest absolute Gasteiger partial charge is 0.497 e. The maximum Gasteiger partial charge on any atom is 0.203 e. The van der Waals surface area contributed by atoms with E-state index in [2.05, 4.69) is 10.3 Å². The first-order chi connectivity index (χ1) is 15.2. The van der Waals surface area contributed by atoms with Crippen LogP contribution in [0.2, 0.25) is 0 Å². The van der Waals surface area contributed by atoms with Crippen molar-refractivity contribution in [2.45, 2.75) is 6.54 Å². The van der Waals surface area contributed by atoms with E-state index in [-0.39, 0.29) is 0 Å². The Labute approximate surface area is 180 Å². The average Bonchev–Trinajstić information content (AvgIpc) is 3.25. The number of hydrogen-bond donors (Lipinski definition) is 1. The van der Waals surface area contributed by atoms with Crippen LogP contribution in [0.25, 0.3) is 16.9 Å². The van der Waals surface area contributed by atoms with Crippen molar-refractivity contribution in [3.05, 3.63) is 60.3 Å². The number of nitrogens with zero attached hydrogens (tertiary/aromatic N) is 3. The Morgan fingerprint density at radius 2 is 1.55 bits per heavy atom. The smallest absolute Gasteiger partial charge is 0.203 e. The molecule has 31 heavy (non-hydrogen) atoms. The highest BCUT2D eigenvalue weighted by Gasteiger charge is 2.13. The van der Waals surface area contributed by atoms with Crippen LogP contribution in [0.4, 0.5) is 5.82 Å². The molecule has 0 unspecified atom stereocenters. The third kappa shape index (κ3) is 4.05. The molecule has 0 bridgehead atoms. The third-order valence-corrected chi connectivity index (χ3v) is 4.95. The van der Waals surface area contributed by atoms with Gasteiger partial charge >= 0.3 is 0 Å². The summed E-state index contributed by atoms with van der Waals surface area (Å²) in [6.07, 6.45) is 1.81. The quantitative estimate of drug-likeness (QED) is 0.461. The molecule has 0 saturated heterocycles. The van der Waals surface area contributed by atoms with Gasteiger partial charge in [0.2, 0.25) is 5.75 Å². The highest BCUT2D eigenvalue weighted by Crippen LogP contribution is 2.38. The molecule has 4 aromatic rings. The van der Waals surface area contributed by atoms with Crippen LogP contribution in [0.1, 0.15) is 5.56 Å². The van der Waals surface area contributed by atoms with Gasteiger partial charge in [-0.1, -0.05) is 0 Å². The standard InChI is InChI=1S/C23H24N4O4/c1-28-17-7-5-16(6-8-17)18-14-25-22-10-9-21(26-27(18)22)24-13-15-11-19(29-2)23(31-4)20(12-15)30-3/h5-12,14H,13H2,1-4H3,(H,24,26). The Balaban J connectivity index is 1.59. The summed E-state index contributed by atoms with van der Waals surface area (Å²) in [5.41, 5.74) is 3.64. The van der Waals surface area contributed by atoms with Gasteiger partial charge in [-0.2, -0.15) is 0 Å². The van der Waals surface area contributed by atoms with Gasteiger partial charge in [-0.3, -0.25) is 0 Å². The molecule has 2 heterocycles. The van der Waals surface area contributed by atoms with E-state index >= 15 is 0 Å². The lowest BCUT2D eigenvalue weighted by Gasteiger charge is -2.14. The van der Waals surface area contributed by atoms with Gasteiger partial charge in [0.1, 0.15) is 11.6 Å². The topological polar surface area (TPSA) is 79.1 Å². The summed E-state index contributed by atoms with van der Waals surface area (Å²) in [4.78, 5) is 4.46. The second kappa shape index (κ2) is 8.83. The van der Waals surface area contributed by atoms with Gasteiger partial charge in [0.05, 0.1) is 40.3 Å². The molecule has 0 atom stereocenters. The fourth-order valence-electron chi connectivity index (χ4n) is 3.36. The van der Waals surface area contributed by atoms with Crippen LogP contribution in [-0.2, 0) is 6.54 Å². The summed E-state index contributed by atoms with van der Waals surface area (Å²) in [6, 6.07) is 15.5. The van der Waals surface area contributed by atoms with E-state index < -0.39 is 0 Å². The fraction of sp³-hybridized carbons (Fsp3) is 0.217. The van der Waals surface area contributed by atoms with E-state index in [0.29, 0.717) is 29.6 Å². The zero-order valence-corrected chi connectivity index (χ0v) is 17.9. The Bertz CT molecular complexity index is 1160. The molecular formula is C23H24N4O4. The summed E-state index contributed by atoms with van der Waals surface area (Å²) in [7, 11) is 6.44. The molecule has 160 valence electrons. The maximum atomic E-state index is 5.43. The van der Waals surface area contributed by atoms with Crippen LogP contribution in [0.5, 0.6) is 23.0 Å². The first-order valence-electron chi connectivity index (χ1n) is 9.68. The van der Waals surface area contributed by atoms with E-state index in [1.54, 1.807) is 28.4 Å². The molecule has 0 amide bonds. The van der Waals surface area contributed by atoms with Crippen molar-refractivity contribution in [3.8, 4) is 34.3 Å². The zero-order chi connectivity index (χ0) is 21.8. The number of ether oxygens (including phenoxy) is 4. The lowest BCUT2D eigenvalue weighted by atomic mass is 10.1. The van der Waals surface area contributed by atoms with E-state index in [1.807, 2.05) is 59.2 Å². The number of hydrogen-bond acceptors (Lipinski definition) is 7. The van der Waals surface area contributed by atoms with Crippen molar-refractivity contribution >= 4 is 11.5 Å². The van der Waals surface area contributed by atoms with E-state index in [4.69, 9.17) is 24.0 Å². The van der Waals surface area contributed by atoms with Gasteiger partial charge in [0.25, 0.3) is 0 Å². The minimum atomic E-state index is 0.530. The predicted molar refractivity (Wildman–Crippen MR) is 118 cm³/mol. The Kier molecular flexibility index (Phi) is 5.79. The molecule has 2 aromatic carbocycles. The number of rotatable bonds is 8. The maximum absolute atomic E-state index is 5.43. The Hall–Kier alpha value is -3.94. The summed E-state index contributed by atoms with van der Waals surface area (Å²) in [5, 5.41) is 8.06. The number of benzene rings is 2. The fourth-order valence-corrected chi connectivity index (χ4v) is 3.36. The second-order valence-electron chi connectivity index (χ2n) is 6.75. The Morgan fingerprint density at radius 1 is 0.839 bits per heavy atom. The summed E-state index contributed by atoms with van der Waals surface area (Å²) < 4.78 is 23.3. The predicted octanol–water partition coefficient (Wildman–Crippen LogP) is 4.04. The van der Waals surface area contributed by atoms with Crippen molar-refractivity contribution in [2.24, 2.45) is 0 Å². The lowest BCUT2D eigenvalue weighted by molar-refractivity contribution is 0.324. The van der Waals surface area contributed by atoms with Crippen molar-refractivity contribution in [2.75, 3.05) is 33.8 Å². The molecular weight excluding hydrogens is 396 g/mol. The highest BCUT2D eigenvalue weighted by atomic mass is 16.5. The van der Waals surface area contributed by atoms with E-state index in [9.17, 15) is 0 Å². The SMILES string of the molecule is COc1ccc(-c2cnc3ccc(NCc4cc(OC)c(OC)c(OC)c4)nn23)cc1. The molecule has 0 saturated carbocycles. The molecule has 1 N–H and O–H groups in total. The van der Waals surface area contributed by atoms with Crippen LogP contribution in [0.15, 0.2) is 54.7 Å². The number of methoxy groups -OCH3 is 4. The number of fused-ring (bicyclic) bond motifs is 1. The van der Waals surface area contributed by atoms with Crippen LogP contribution in [-0.4, -0.2) is 43.0 Å². The van der Waals surface area contributed by atoms with Gasteiger partial charge in [-0.25, -0.2) is 9.50 Å². The highest BCUT2D eigenvalue weighted by molar-refractivity contribution is 5.64. The van der Waals surface area contributed by atoms with Crippen LogP contribution in [0.3, 0.4) is 0 Å². The minimum absolute atomic E-state index is 0.530. The molecule has 4 rings (SSSR count). The summed E-state index contributed by atoms with van der Waals surface area (Å²) >= 11 is 0. The second-order valence-corrected chi connectivity index (χ2v) is 6.75. The number of imidazole rings is 1. The average molecular weight is 420 g/mol. The molecule has 0 fully saturated rings. The Morgan fingerprint density at radius 3 is 2.16 bits per heavy atom. The molecule has 2 aromatic heterocycles. The number of aromatic nitrogens is 3. The minimum Gasteiger partial charge on any atom is -0.497 e. The van der Waals surface area contributed by atoms with Crippen molar-refractivity contribution < 1.29 is 18.9 Å². The van der Waals surface area contributed by atoms with E-state index in [1.165, 1.54) is 0 Å². The molecule has 0 aliphatic rings. The molecule has 8 heteroatoms. The van der Waals surface area contributed by atoms with Crippen LogP contribution in [0, 0.1) is 0 Å². The van der Waals surface area contributed by atoms with Gasteiger partial charge in [-0.05, 0) is 54.1 Å². The van der Waals surface area contributed by atoms with Crippen molar-refractivity contribution in [3.63, 3.8) is 0 Å². The van der Waals surface area contributed by atoms with Gasteiger partial charge in [-0.15, -0.1) is 5.10 Å². The van der Waals surface area contributed by atoms with E-state index in [0.717, 1.165) is 28.2 Å². The summed E-state index contributed by atoms with van der Waals surface area (Å²) in [5.74, 6) is 3.31. The van der Waals surface area contributed by atoms with Crippen LogP contribution >= 0.6 is 0 Å². The monoisotopic (exact) mass is 420 g/mol. The molecule has 0 radical (unpaired) electrons.